The summed E-state index contributed by atoms with van der Waals surface area (Å²) in [5.41, 5.74) is 6.75. The molecule has 0 aromatic heterocycles. The van der Waals surface area contributed by atoms with E-state index in [1.807, 2.05) is 26.8 Å². The van der Waals surface area contributed by atoms with Crippen molar-refractivity contribution in [2.75, 3.05) is 6.54 Å². The van der Waals surface area contributed by atoms with E-state index in [1.54, 1.807) is 11.0 Å². The van der Waals surface area contributed by atoms with E-state index in [9.17, 15) is 9.18 Å². The minimum absolute atomic E-state index is 0.0684. The summed E-state index contributed by atoms with van der Waals surface area (Å²) in [6.07, 6.45) is 0.866. The number of nitrogens with two attached hydrogens (primary N) is 1. The number of likely N-dealkylation sites (N-methyl/N-ethyl adjacent to an activating group) is 1. The van der Waals surface area contributed by atoms with E-state index in [1.165, 1.54) is 12.1 Å². The number of benzene rings is 1. The SMILES string of the molecule is CCC(C)[C@H](N)C(=O)N(CC)Cc1cccc(F)c1. The summed E-state index contributed by atoms with van der Waals surface area (Å²) in [5.74, 6) is -0.206. The molecule has 0 heterocycles. The molecule has 0 aliphatic heterocycles. The molecule has 1 unspecified atom stereocenters. The van der Waals surface area contributed by atoms with Gasteiger partial charge in [-0.15, -0.1) is 0 Å². The molecule has 2 N–H and O–H groups in total. The van der Waals surface area contributed by atoms with E-state index in [4.69, 9.17) is 5.73 Å². The first-order chi connectivity index (χ1) is 8.99. The van der Waals surface area contributed by atoms with Crippen LogP contribution in [0.5, 0.6) is 0 Å². The predicted molar refractivity (Wildman–Crippen MR) is 74.9 cm³/mol. The Balaban J connectivity index is 2.75. The molecule has 0 spiro atoms. The summed E-state index contributed by atoms with van der Waals surface area (Å²) in [5, 5.41) is 0. The van der Waals surface area contributed by atoms with Crippen molar-refractivity contribution in [2.24, 2.45) is 11.7 Å². The second-order valence-corrected chi connectivity index (χ2v) is 4.89. The van der Waals surface area contributed by atoms with Crippen molar-refractivity contribution in [3.05, 3.63) is 35.6 Å². The van der Waals surface area contributed by atoms with Crippen LogP contribution in [-0.4, -0.2) is 23.4 Å². The van der Waals surface area contributed by atoms with Crippen LogP contribution in [0.4, 0.5) is 4.39 Å². The Hall–Kier alpha value is -1.42. The van der Waals surface area contributed by atoms with Crippen molar-refractivity contribution in [2.45, 2.75) is 39.8 Å². The van der Waals surface area contributed by atoms with Crippen molar-refractivity contribution < 1.29 is 9.18 Å². The highest BCUT2D eigenvalue weighted by Gasteiger charge is 2.24. The topological polar surface area (TPSA) is 46.3 Å². The summed E-state index contributed by atoms with van der Waals surface area (Å²) in [6.45, 7) is 6.86. The third kappa shape index (κ3) is 4.31. The minimum atomic E-state index is -0.487. The first kappa shape index (κ1) is 15.6. The lowest BCUT2D eigenvalue weighted by atomic mass is 9.98. The van der Waals surface area contributed by atoms with E-state index in [0.717, 1.165) is 12.0 Å². The van der Waals surface area contributed by atoms with Crippen LogP contribution >= 0.6 is 0 Å². The van der Waals surface area contributed by atoms with Crippen LogP contribution in [0.15, 0.2) is 24.3 Å². The Morgan fingerprint density at radius 1 is 1.42 bits per heavy atom. The van der Waals surface area contributed by atoms with Gasteiger partial charge >= 0.3 is 0 Å². The fourth-order valence-corrected chi connectivity index (χ4v) is 1.91. The molecule has 106 valence electrons. The molecule has 2 atom stereocenters. The van der Waals surface area contributed by atoms with Crippen LogP contribution in [0, 0.1) is 11.7 Å². The second-order valence-electron chi connectivity index (χ2n) is 4.89. The summed E-state index contributed by atoms with van der Waals surface area (Å²) in [6, 6.07) is 5.82. The van der Waals surface area contributed by atoms with Crippen molar-refractivity contribution in [3.8, 4) is 0 Å². The van der Waals surface area contributed by atoms with E-state index in [-0.39, 0.29) is 17.6 Å². The molecule has 0 fully saturated rings. The maximum Gasteiger partial charge on any atom is 0.240 e. The summed E-state index contributed by atoms with van der Waals surface area (Å²) >= 11 is 0. The highest BCUT2D eigenvalue weighted by molar-refractivity contribution is 5.81. The standard InChI is InChI=1S/C15H23FN2O/c1-4-11(3)14(17)15(19)18(5-2)10-12-7-6-8-13(16)9-12/h6-9,11,14H,4-5,10,17H2,1-3H3/t11?,14-/m0/s1. The predicted octanol–water partition coefficient (Wildman–Crippen LogP) is 2.55. The molecule has 0 aliphatic carbocycles. The van der Waals surface area contributed by atoms with Gasteiger partial charge in [-0.1, -0.05) is 32.4 Å². The number of nitrogens with zero attached hydrogens (tertiary/aromatic N) is 1. The Bertz CT molecular complexity index is 422. The van der Waals surface area contributed by atoms with Gasteiger partial charge < -0.3 is 10.6 Å². The minimum Gasteiger partial charge on any atom is -0.337 e. The Kier molecular flexibility index (Phi) is 5.96. The monoisotopic (exact) mass is 266 g/mol. The Labute approximate surface area is 114 Å². The van der Waals surface area contributed by atoms with E-state index in [0.29, 0.717) is 13.1 Å². The molecular formula is C15H23FN2O. The molecule has 4 heteroatoms. The number of hydrogen-bond donors (Lipinski definition) is 1. The zero-order chi connectivity index (χ0) is 14.4. The number of carbonyl (C=O) groups is 1. The van der Waals surface area contributed by atoms with Crippen molar-refractivity contribution in [1.82, 2.24) is 4.90 Å². The van der Waals surface area contributed by atoms with Gasteiger partial charge in [-0.25, -0.2) is 4.39 Å². The third-order valence-electron chi connectivity index (χ3n) is 3.50. The van der Waals surface area contributed by atoms with Gasteiger partial charge in [-0.2, -0.15) is 0 Å². The van der Waals surface area contributed by atoms with Crippen LogP contribution in [0.2, 0.25) is 0 Å². The van der Waals surface area contributed by atoms with Crippen LogP contribution in [0.1, 0.15) is 32.8 Å². The number of halogens is 1. The zero-order valence-corrected chi connectivity index (χ0v) is 11.9. The fraction of sp³-hybridized carbons (Fsp3) is 0.533. The number of carbonyl (C=O) groups excluding carboxylic acids is 1. The molecule has 0 radical (unpaired) electrons. The Morgan fingerprint density at radius 3 is 2.63 bits per heavy atom. The highest BCUT2D eigenvalue weighted by Crippen LogP contribution is 2.12. The van der Waals surface area contributed by atoms with Crippen LogP contribution in [-0.2, 0) is 11.3 Å². The molecule has 0 saturated carbocycles. The van der Waals surface area contributed by atoms with Gasteiger partial charge in [0.05, 0.1) is 6.04 Å². The lowest BCUT2D eigenvalue weighted by Gasteiger charge is -2.27. The van der Waals surface area contributed by atoms with Crippen molar-refractivity contribution >= 4 is 5.91 Å². The maximum atomic E-state index is 13.1. The van der Waals surface area contributed by atoms with Gasteiger partial charge in [0.25, 0.3) is 0 Å². The van der Waals surface area contributed by atoms with E-state index in [2.05, 4.69) is 0 Å². The normalized spacial score (nSPS) is 13.9. The summed E-state index contributed by atoms with van der Waals surface area (Å²) in [4.78, 5) is 13.9. The van der Waals surface area contributed by atoms with E-state index < -0.39 is 6.04 Å². The molecule has 1 aromatic rings. The van der Waals surface area contributed by atoms with Crippen LogP contribution < -0.4 is 5.73 Å². The quantitative estimate of drug-likeness (QED) is 0.860. The van der Waals surface area contributed by atoms with Crippen LogP contribution in [0.25, 0.3) is 0 Å². The maximum absolute atomic E-state index is 13.1. The molecular weight excluding hydrogens is 243 g/mol. The molecule has 19 heavy (non-hydrogen) atoms. The largest absolute Gasteiger partial charge is 0.337 e. The fourth-order valence-electron chi connectivity index (χ4n) is 1.91. The molecule has 0 bridgehead atoms. The first-order valence-corrected chi connectivity index (χ1v) is 6.78. The van der Waals surface area contributed by atoms with Gasteiger partial charge in [-0.05, 0) is 30.5 Å². The smallest absolute Gasteiger partial charge is 0.240 e. The molecule has 1 amide bonds. The average Bonchev–Trinajstić information content (AvgIpc) is 2.42. The molecule has 1 aromatic carbocycles. The van der Waals surface area contributed by atoms with Gasteiger partial charge in [0, 0.05) is 13.1 Å². The van der Waals surface area contributed by atoms with Gasteiger partial charge in [0.1, 0.15) is 5.82 Å². The molecule has 1 rings (SSSR count). The third-order valence-corrected chi connectivity index (χ3v) is 3.50. The van der Waals surface area contributed by atoms with Gasteiger partial charge in [-0.3, -0.25) is 4.79 Å². The number of amides is 1. The van der Waals surface area contributed by atoms with Crippen LogP contribution in [0.3, 0.4) is 0 Å². The second kappa shape index (κ2) is 7.24. The van der Waals surface area contributed by atoms with Crippen molar-refractivity contribution in [1.29, 1.82) is 0 Å². The first-order valence-electron chi connectivity index (χ1n) is 6.78. The zero-order valence-electron chi connectivity index (χ0n) is 11.9. The van der Waals surface area contributed by atoms with Gasteiger partial charge in [0.15, 0.2) is 0 Å². The average molecular weight is 266 g/mol. The van der Waals surface area contributed by atoms with Gasteiger partial charge in [0.2, 0.25) is 5.91 Å². The molecule has 3 nitrogen and oxygen atoms in total. The van der Waals surface area contributed by atoms with Crippen molar-refractivity contribution in [3.63, 3.8) is 0 Å². The molecule has 0 saturated heterocycles. The van der Waals surface area contributed by atoms with E-state index >= 15 is 0 Å². The Morgan fingerprint density at radius 2 is 2.11 bits per heavy atom. The number of rotatable bonds is 6. The summed E-state index contributed by atoms with van der Waals surface area (Å²) < 4.78 is 13.1. The number of hydrogen-bond acceptors (Lipinski definition) is 2. The highest BCUT2D eigenvalue weighted by atomic mass is 19.1. The molecule has 0 aliphatic rings. The lowest BCUT2D eigenvalue weighted by molar-refractivity contribution is -0.134. The lowest BCUT2D eigenvalue weighted by Crippen LogP contribution is -2.46. The summed E-state index contributed by atoms with van der Waals surface area (Å²) in [7, 11) is 0.